The third-order valence-electron chi connectivity index (χ3n) is 2.07. The van der Waals surface area contributed by atoms with Crippen LogP contribution in [-0.2, 0) is 10.0 Å². The molecule has 0 saturated carbocycles. The highest BCUT2D eigenvalue weighted by molar-refractivity contribution is 7.89. The van der Waals surface area contributed by atoms with Crippen molar-refractivity contribution >= 4 is 10.0 Å². The lowest BCUT2D eigenvalue weighted by atomic mass is 10.0. The highest BCUT2D eigenvalue weighted by atomic mass is 32.2. The Morgan fingerprint density at radius 1 is 1.40 bits per heavy atom. The number of nitriles is 1. The van der Waals surface area contributed by atoms with Crippen LogP contribution in [-0.4, -0.2) is 8.42 Å². The van der Waals surface area contributed by atoms with E-state index in [9.17, 15) is 8.42 Å². The summed E-state index contributed by atoms with van der Waals surface area (Å²) >= 11 is 0. The van der Waals surface area contributed by atoms with Gasteiger partial charge in [0.25, 0.3) is 0 Å². The summed E-state index contributed by atoms with van der Waals surface area (Å²) in [7, 11) is -3.71. The molecule has 15 heavy (non-hydrogen) atoms. The third kappa shape index (κ3) is 2.55. The van der Waals surface area contributed by atoms with Crippen LogP contribution in [0.1, 0.15) is 30.9 Å². The topological polar surface area (TPSA) is 83.9 Å². The molecule has 1 aromatic carbocycles. The maximum atomic E-state index is 11.3. The van der Waals surface area contributed by atoms with E-state index in [1.54, 1.807) is 6.07 Å². The van der Waals surface area contributed by atoms with Gasteiger partial charge in [-0.1, -0.05) is 13.8 Å². The van der Waals surface area contributed by atoms with E-state index in [1.807, 2.05) is 19.9 Å². The van der Waals surface area contributed by atoms with Gasteiger partial charge in [0, 0.05) is 0 Å². The van der Waals surface area contributed by atoms with E-state index in [0.29, 0.717) is 11.1 Å². The Labute approximate surface area is 89.4 Å². The number of primary sulfonamides is 1. The minimum Gasteiger partial charge on any atom is -0.225 e. The molecule has 5 heteroatoms. The highest BCUT2D eigenvalue weighted by Crippen LogP contribution is 2.23. The number of nitrogens with two attached hydrogens (primary N) is 1. The summed E-state index contributed by atoms with van der Waals surface area (Å²) in [5, 5.41) is 13.8. The van der Waals surface area contributed by atoms with E-state index in [1.165, 1.54) is 12.1 Å². The van der Waals surface area contributed by atoms with Crippen LogP contribution in [0.4, 0.5) is 0 Å². The summed E-state index contributed by atoms with van der Waals surface area (Å²) in [6.45, 7) is 3.70. The molecule has 80 valence electrons. The zero-order valence-electron chi connectivity index (χ0n) is 8.56. The van der Waals surface area contributed by atoms with Crippen molar-refractivity contribution in [3.63, 3.8) is 0 Å². The van der Waals surface area contributed by atoms with Crippen LogP contribution in [0.5, 0.6) is 0 Å². The smallest absolute Gasteiger partial charge is 0.225 e. The summed E-state index contributed by atoms with van der Waals surface area (Å²) in [5.74, 6) is 0.00613. The van der Waals surface area contributed by atoms with Crippen LogP contribution in [0.15, 0.2) is 23.1 Å². The minimum absolute atomic E-state index is 0.00613. The lowest BCUT2D eigenvalue weighted by molar-refractivity contribution is 0.595. The van der Waals surface area contributed by atoms with Gasteiger partial charge in [-0.25, -0.2) is 13.6 Å². The molecule has 0 amide bonds. The van der Waals surface area contributed by atoms with Gasteiger partial charge in [-0.05, 0) is 29.7 Å². The van der Waals surface area contributed by atoms with Crippen molar-refractivity contribution in [2.75, 3.05) is 0 Å². The van der Waals surface area contributed by atoms with Gasteiger partial charge in [-0.15, -0.1) is 0 Å². The van der Waals surface area contributed by atoms with Gasteiger partial charge in [0.2, 0.25) is 10.0 Å². The van der Waals surface area contributed by atoms with Crippen molar-refractivity contribution in [3.8, 4) is 6.07 Å². The summed E-state index contributed by atoms with van der Waals surface area (Å²) in [6.07, 6.45) is 0. The Balaban J connectivity index is 3.50. The molecule has 0 heterocycles. The van der Waals surface area contributed by atoms with Crippen molar-refractivity contribution in [3.05, 3.63) is 29.3 Å². The van der Waals surface area contributed by atoms with Gasteiger partial charge >= 0.3 is 0 Å². The molecule has 0 aromatic heterocycles. The molecule has 1 aromatic rings. The molecule has 4 nitrogen and oxygen atoms in total. The first-order chi connectivity index (χ1) is 6.86. The van der Waals surface area contributed by atoms with E-state index in [4.69, 9.17) is 10.4 Å². The SMILES string of the molecule is CC(C)c1cc(C#N)ccc1S(N)(=O)=O. The van der Waals surface area contributed by atoms with Crippen molar-refractivity contribution in [2.24, 2.45) is 5.14 Å². The van der Waals surface area contributed by atoms with Crippen LogP contribution in [0, 0.1) is 11.3 Å². The Kier molecular flexibility index (Phi) is 3.12. The second-order valence-electron chi connectivity index (χ2n) is 3.56. The van der Waals surface area contributed by atoms with Crippen molar-refractivity contribution in [1.82, 2.24) is 0 Å². The number of sulfonamides is 1. The van der Waals surface area contributed by atoms with Gasteiger partial charge < -0.3 is 0 Å². The molecule has 0 bridgehead atoms. The monoisotopic (exact) mass is 224 g/mol. The van der Waals surface area contributed by atoms with Crippen LogP contribution in [0.3, 0.4) is 0 Å². The highest BCUT2D eigenvalue weighted by Gasteiger charge is 2.16. The largest absolute Gasteiger partial charge is 0.238 e. The molecule has 0 aliphatic heterocycles. The Morgan fingerprint density at radius 2 is 2.00 bits per heavy atom. The number of hydrogen-bond donors (Lipinski definition) is 1. The maximum Gasteiger partial charge on any atom is 0.238 e. The van der Waals surface area contributed by atoms with Crippen LogP contribution < -0.4 is 5.14 Å². The van der Waals surface area contributed by atoms with E-state index in [2.05, 4.69) is 0 Å². The van der Waals surface area contributed by atoms with Gasteiger partial charge in [-0.2, -0.15) is 5.26 Å². The van der Waals surface area contributed by atoms with Crippen molar-refractivity contribution < 1.29 is 8.42 Å². The van der Waals surface area contributed by atoms with E-state index >= 15 is 0 Å². The van der Waals surface area contributed by atoms with Crippen molar-refractivity contribution in [2.45, 2.75) is 24.7 Å². The zero-order valence-corrected chi connectivity index (χ0v) is 9.38. The summed E-state index contributed by atoms with van der Waals surface area (Å²) in [4.78, 5) is 0.0940. The first-order valence-electron chi connectivity index (χ1n) is 4.43. The average molecular weight is 224 g/mol. The third-order valence-corrected chi connectivity index (χ3v) is 3.05. The average Bonchev–Trinajstić information content (AvgIpc) is 2.15. The molecule has 2 N–H and O–H groups in total. The molecule has 1 rings (SSSR count). The quantitative estimate of drug-likeness (QED) is 0.822. The normalized spacial score (nSPS) is 11.4. The predicted molar refractivity (Wildman–Crippen MR) is 56.6 cm³/mol. The fourth-order valence-corrected chi connectivity index (χ4v) is 2.21. The lowest BCUT2D eigenvalue weighted by Gasteiger charge is -2.10. The summed E-state index contributed by atoms with van der Waals surface area (Å²) in [6, 6.07) is 6.35. The lowest BCUT2D eigenvalue weighted by Crippen LogP contribution is -2.15. The van der Waals surface area contributed by atoms with Gasteiger partial charge in [0.1, 0.15) is 0 Å². The van der Waals surface area contributed by atoms with Crippen LogP contribution >= 0.6 is 0 Å². The molecule has 0 atom stereocenters. The first-order valence-corrected chi connectivity index (χ1v) is 5.97. The van der Waals surface area contributed by atoms with Crippen molar-refractivity contribution in [1.29, 1.82) is 5.26 Å². The number of nitrogens with zero attached hydrogens (tertiary/aromatic N) is 1. The van der Waals surface area contributed by atoms with Gasteiger partial charge in [0.05, 0.1) is 16.5 Å². The second kappa shape index (κ2) is 4.01. The molecular weight excluding hydrogens is 212 g/mol. The molecule has 0 radical (unpaired) electrons. The van der Waals surface area contributed by atoms with Crippen LogP contribution in [0.25, 0.3) is 0 Å². The fraction of sp³-hybridized carbons (Fsp3) is 0.300. The van der Waals surface area contributed by atoms with E-state index in [0.717, 1.165) is 0 Å². The molecule has 0 aliphatic rings. The number of benzene rings is 1. The molecular formula is C10H12N2O2S. The second-order valence-corrected chi connectivity index (χ2v) is 5.09. The Bertz CT molecular complexity index is 513. The standard InChI is InChI=1S/C10H12N2O2S/c1-7(2)9-5-8(6-11)3-4-10(9)15(12,13)14/h3-5,7H,1-2H3,(H2,12,13,14). The maximum absolute atomic E-state index is 11.3. The van der Waals surface area contributed by atoms with Crippen LogP contribution in [0.2, 0.25) is 0 Å². The molecule has 0 unspecified atom stereocenters. The van der Waals surface area contributed by atoms with E-state index < -0.39 is 10.0 Å². The van der Waals surface area contributed by atoms with Gasteiger partial charge in [0.15, 0.2) is 0 Å². The molecule has 0 aliphatic carbocycles. The number of hydrogen-bond acceptors (Lipinski definition) is 3. The van der Waals surface area contributed by atoms with Gasteiger partial charge in [-0.3, -0.25) is 0 Å². The Hall–Kier alpha value is -1.38. The minimum atomic E-state index is -3.71. The van der Waals surface area contributed by atoms with E-state index in [-0.39, 0.29) is 10.8 Å². The molecule has 0 fully saturated rings. The summed E-state index contributed by atoms with van der Waals surface area (Å²) < 4.78 is 22.5. The number of rotatable bonds is 2. The Morgan fingerprint density at radius 3 is 2.40 bits per heavy atom. The predicted octanol–water partition coefficient (Wildman–Crippen LogP) is 1.33. The zero-order chi connectivity index (χ0) is 11.6. The molecule has 0 saturated heterocycles. The summed E-state index contributed by atoms with van der Waals surface area (Å²) in [5.41, 5.74) is 1.02. The first kappa shape index (κ1) is 11.7. The molecule has 0 spiro atoms. The fourth-order valence-electron chi connectivity index (χ4n) is 1.33.